The molecule has 0 amide bonds. The first kappa shape index (κ1) is 17.7. The number of rotatable bonds is 4. The minimum absolute atomic E-state index is 0. The second-order valence-electron chi connectivity index (χ2n) is 7.01. The molecule has 1 aromatic heterocycles. The smallest absolute Gasteiger partial charge is 0.0336 e. The van der Waals surface area contributed by atoms with Crippen molar-refractivity contribution in [2.45, 2.75) is 26.3 Å². The van der Waals surface area contributed by atoms with Crippen LogP contribution < -0.4 is 5.32 Å². The third-order valence-electron chi connectivity index (χ3n) is 5.18. The van der Waals surface area contributed by atoms with Gasteiger partial charge in [0, 0.05) is 57.7 Å². The lowest BCUT2D eigenvalue weighted by atomic mass is 9.89. The van der Waals surface area contributed by atoms with Gasteiger partial charge >= 0.3 is 0 Å². The zero-order chi connectivity index (χ0) is 14.7. The van der Waals surface area contributed by atoms with Gasteiger partial charge in [0.1, 0.15) is 0 Å². The highest BCUT2D eigenvalue weighted by molar-refractivity contribution is 5.85. The summed E-state index contributed by atoms with van der Waals surface area (Å²) in [7, 11) is 0. The zero-order valence-corrected chi connectivity index (χ0v) is 14.6. The van der Waals surface area contributed by atoms with Gasteiger partial charge in [-0.05, 0) is 36.9 Å². The van der Waals surface area contributed by atoms with E-state index in [1.807, 2.05) is 18.5 Å². The fourth-order valence-electron chi connectivity index (χ4n) is 3.69. The number of nitrogens with zero attached hydrogens (tertiary/aromatic N) is 3. The average molecular weight is 325 g/mol. The minimum Gasteiger partial charge on any atom is -0.316 e. The maximum absolute atomic E-state index is 4.25. The molecule has 3 heterocycles. The van der Waals surface area contributed by atoms with E-state index in [1.165, 1.54) is 57.8 Å². The van der Waals surface area contributed by atoms with Crippen molar-refractivity contribution in [3.05, 3.63) is 30.1 Å². The highest BCUT2D eigenvalue weighted by Gasteiger charge is 2.32. The van der Waals surface area contributed by atoms with Crippen molar-refractivity contribution in [1.82, 2.24) is 20.1 Å². The Labute approximate surface area is 140 Å². The Morgan fingerprint density at radius 1 is 1.32 bits per heavy atom. The summed E-state index contributed by atoms with van der Waals surface area (Å²) in [5.41, 5.74) is 1.81. The largest absolute Gasteiger partial charge is 0.316 e. The standard InChI is InChI=1S/C17H28N4.ClH/c1-15(16-4-3-6-18-12-16)21-10-8-20(9-11-21)14-17(2)5-7-19-13-17;/h3-4,6,12,15,19H,5,7-11,13-14H2,1-2H3;1H. The Morgan fingerprint density at radius 3 is 2.68 bits per heavy atom. The van der Waals surface area contributed by atoms with Gasteiger partial charge in [0.05, 0.1) is 0 Å². The third kappa shape index (κ3) is 4.19. The van der Waals surface area contributed by atoms with E-state index in [1.54, 1.807) is 0 Å². The van der Waals surface area contributed by atoms with Gasteiger partial charge in [-0.15, -0.1) is 12.4 Å². The maximum Gasteiger partial charge on any atom is 0.0336 e. The molecule has 1 N–H and O–H groups in total. The summed E-state index contributed by atoms with van der Waals surface area (Å²) in [6, 6.07) is 4.70. The van der Waals surface area contributed by atoms with Crippen LogP contribution in [-0.2, 0) is 0 Å². The number of hydrogen-bond acceptors (Lipinski definition) is 4. The van der Waals surface area contributed by atoms with Crippen molar-refractivity contribution in [3.63, 3.8) is 0 Å². The van der Waals surface area contributed by atoms with Gasteiger partial charge in [0.2, 0.25) is 0 Å². The SMILES string of the molecule is CC(c1cccnc1)N1CCN(CC2(C)CCNC2)CC1.Cl. The first-order valence-corrected chi connectivity index (χ1v) is 8.23. The maximum atomic E-state index is 4.25. The molecule has 4 nitrogen and oxygen atoms in total. The predicted molar refractivity (Wildman–Crippen MR) is 93.5 cm³/mol. The predicted octanol–water partition coefficient (Wildman–Crippen LogP) is 2.18. The molecule has 2 atom stereocenters. The zero-order valence-electron chi connectivity index (χ0n) is 13.8. The molecule has 2 unspecified atom stereocenters. The van der Waals surface area contributed by atoms with E-state index >= 15 is 0 Å². The van der Waals surface area contributed by atoms with E-state index in [0.29, 0.717) is 11.5 Å². The van der Waals surface area contributed by atoms with Crippen LogP contribution >= 0.6 is 12.4 Å². The first-order valence-electron chi connectivity index (χ1n) is 8.23. The number of hydrogen-bond donors (Lipinski definition) is 1. The van der Waals surface area contributed by atoms with Gasteiger partial charge in [-0.25, -0.2) is 0 Å². The molecule has 22 heavy (non-hydrogen) atoms. The van der Waals surface area contributed by atoms with E-state index in [-0.39, 0.29) is 12.4 Å². The highest BCUT2D eigenvalue weighted by atomic mass is 35.5. The van der Waals surface area contributed by atoms with E-state index in [4.69, 9.17) is 0 Å². The van der Waals surface area contributed by atoms with Crippen LogP contribution in [-0.4, -0.2) is 60.6 Å². The van der Waals surface area contributed by atoms with Crippen LogP contribution in [0.1, 0.15) is 31.9 Å². The van der Waals surface area contributed by atoms with E-state index in [0.717, 1.165) is 0 Å². The van der Waals surface area contributed by atoms with Crippen molar-refractivity contribution < 1.29 is 0 Å². The molecule has 2 fully saturated rings. The van der Waals surface area contributed by atoms with Gasteiger partial charge < -0.3 is 10.2 Å². The van der Waals surface area contributed by atoms with Crippen molar-refractivity contribution in [2.24, 2.45) is 5.41 Å². The summed E-state index contributed by atoms with van der Waals surface area (Å²) >= 11 is 0. The molecule has 2 aliphatic rings. The van der Waals surface area contributed by atoms with Crippen LogP contribution in [0.4, 0.5) is 0 Å². The number of piperazine rings is 1. The summed E-state index contributed by atoms with van der Waals surface area (Å²) in [5, 5.41) is 3.51. The Hall–Kier alpha value is -0.680. The fourth-order valence-corrected chi connectivity index (χ4v) is 3.69. The number of nitrogens with one attached hydrogen (secondary N) is 1. The van der Waals surface area contributed by atoms with Gasteiger partial charge in [-0.1, -0.05) is 13.0 Å². The summed E-state index contributed by atoms with van der Waals surface area (Å²) < 4.78 is 0. The van der Waals surface area contributed by atoms with Crippen molar-refractivity contribution in [2.75, 3.05) is 45.8 Å². The molecule has 0 spiro atoms. The van der Waals surface area contributed by atoms with Crippen LogP contribution in [0, 0.1) is 5.41 Å². The van der Waals surface area contributed by atoms with E-state index < -0.39 is 0 Å². The van der Waals surface area contributed by atoms with Gasteiger partial charge in [0.15, 0.2) is 0 Å². The lowest BCUT2D eigenvalue weighted by Crippen LogP contribution is -2.50. The molecule has 0 aromatic carbocycles. The quantitative estimate of drug-likeness (QED) is 0.920. The second kappa shape index (κ2) is 7.73. The molecule has 1 aromatic rings. The number of halogens is 1. The third-order valence-corrected chi connectivity index (χ3v) is 5.18. The van der Waals surface area contributed by atoms with Gasteiger partial charge in [-0.3, -0.25) is 9.88 Å². The van der Waals surface area contributed by atoms with Crippen LogP contribution in [0.15, 0.2) is 24.5 Å². The molecule has 124 valence electrons. The van der Waals surface area contributed by atoms with Gasteiger partial charge in [0.25, 0.3) is 0 Å². The highest BCUT2D eigenvalue weighted by Crippen LogP contribution is 2.27. The Kier molecular flexibility index (Phi) is 6.21. The monoisotopic (exact) mass is 324 g/mol. The van der Waals surface area contributed by atoms with Crippen LogP contribution in [0.2, 0.25) is 0 Å². The molecule has 2 saturated heterocycles. The Bertz CT molecular complexity index is 439. The fraction of sp³-hybridized carbons (Fsp3) is 0.706. The first-order chi connectivity index (χ1) is 10.2. The topological polar surface area (TPSA) is 31.4 Å². The number of aromatic nitrogens is 1. The molecular formula is C17H29ClN4. The average Bonchev–Trinajstić information content (AvgIpc) is 2.94. The van der Waals surface area contributed by atoms with E-state index in [2.05, 4.69) is 40.0 Å². The van der Waals surface area contributed by atoms with Crippen LogP contribution in [0.25, 0.3) is 0 Å². The van der Waals surface area contributed by atoms with Crippen molar-refractivity contribution >= 4 is 12.4 Å². The summed E-state index contributed by atoms with van der Waals surface area (Å²) in [6.07, 6.45) is 5.17. The Morgan fingerprint density at radius 2 is 2.09 bits per heavy atom. The Balaban J connectivity index is 0.00000176. The van der Waals surface area contributed by atoms with Crippen molar-refractivity contribution in [1.29, 1.82) is 0 Å². The number of pyridine rings is 1. The summed E-state index contributed by atoms with van der Waals surface area (Å²) in [6.45, 7) is 13.1. The van der Waals surface area contributed by atoms with Crippen LogP contribution in [0.3, 0.4) is 0 Å². The molecule has 0 bridgehead atoms. The molecule has 0 radical (unpaired) electrons. The van der Waals surface area contributed by atoms with E-state index in [9.17, 15) is 0 Å². The lowest BCUT2D eigenvalue weighted by Gasteiger charge is -2.41. The summed E-state index contributed by atoms with van der Waals surface area (Å²) in [5.74, 6) is 0. The molecule has 0 aliphatic carbocycles. The molecular weight excluding hydrogens is 296 g/mol. The summed E-state index contributed by atoms with van der Waals surface area (Å²) in [4.78, 5) is 9.49. The van der Waals surface area contributed by atoms with Gasteiger partial charge in [-0.2, -0.15) is 0 Å². The van der Waals surface area contributed by atoms with Crippen molar-refractivity contribution in [3.8, 4) is 0 Å². The normalized spacial score (nSPS) is 28.3. The molecule has 3 rings (SSSR count). The lowest BCUT2D eigenvalue weighted by molar-refractivity contribution is 0.0760. The molecule has 5 heteroatoms. The van der Waals surface area contributed by atoms with Crippen LogP contribution in [0.5, 0.6) is 0 Å². The minimum atomic E-state index is 0. The molecule has 0 saturated carbocycles. The molecule has 2 aliphatic heterocycles. The second-order valence-corrected chi connectivity index (χ2v) is 7.01.